The number of nitrogens with zero attached hydrogens (tertiary/aromatic N) is 3. The fraction of sp³-hybridized carbons (Fsp3) is 0.389. The topological polar surface area (TPSA) is 11.4 Å². The zero-order valence-electron chi connectivity index (χ0n) is 49.5. The molecule has 0 bridgehead atoms. The van der Waals surface area contributed by atoms with Gasteiger partial charge < -0.3 is 14.4 Å². The molecule has 0 radical (unpaired) electrons. The Kier molecular flexibility index (Phi) is 10.7. The van der Waals surface area contributed by atoms with E-state index in [1.807, 2.05) is 0 Å². The lowest BCUT2D eigenvalue weighted by atomic mass is 9.33. The Hall–Kier alpha value is -6.26. The zero-order valence-corrected chi connectivity index (χ0v) is 49.5. The molecule has 8 aromatic rings. The summed E-state index contributed by atoms with van der Waals surface area (Å²) < 4.78 is 2.77. The van der Waals surface area contributed by atoms with Crippen LogP contribution in [0, 0.1) is 6.92 Å². The lowest BCUT2D eigenvalue weighted by molar-refractivity contribution is 0.332. The number of hydrogen-bond acceptors (Lipinski definition) is 2. The quantitative estimate of drug-likeness (QED) is 0.163. The number of benzene rings is 7. The van der Waals surface area contributed by atoms with Crippen LogP contribution in [0.25, 0.3) is 27.7 Å². The number of hydrogen-bond donors (Lipinski definition) is 0. The molecular weight excluding hydrogens is 918 g/mol. The standard InChI is InChI=1S/C72H82BN3/c1-43-36-54-55(71(16,17)35-34-70(54,14)15)42-58(43)75-59-41-50(74(48-28-24-44(25-29-48)66(2,3)4)49-30-26-45(27-31-49)67(5,6)7)32-33-56(59)73-57-38-46(68(8,9)10)37-52-62-51-22-20-21-23-53(51)72(18,19)65(62)76(64(52)57)61-40-47(69(11,12)13)39-60(75)63(61)73/h20-33,36-42H,34-35H2,1-19H3. The van der Waals surface area contributed by atoms with Crippen LogP contribution in [0.4, 0.5) is 34.1 Å². The minimum Gasteiger partial charge on any atom is -0.313 e. The first-order valence-electron chi connectivity index (χ1n) is 28.5. The summed E-state index contributed by atoms with van der Waals surface area (Å²) in [7, 11) is 0. The van der Waals surface area contributed by atoms with Gasteiger partial charge in [-0.05, 0) is 179 Å². The van der Waals surface area contributed by atoms with E-state index >= 15 is 0 Å². The van der Waals surface area contributed by atoms with Crippen LogP contribution >= 0.6 is 0 Å². The lowest BCUT2D eigenvalue weighted by Gasteiger charge is -2.45. The molecule has 2 aliphatic heterocycles. The number of fused-ring (bicyclic) bond motifs is 10. The number of rotatable bonds is 4. The van der Waals surface area contributed by atoms with Crippen molar-refractivity contribution in [1.29, 1.82) is 0 Å². The third kappa shape index (κ3) is 7.49. The van der Waals surface area contributed by atoms with Gasteiger partial charge in [-0.1, -0.05) is 191 Å². The molecule has 3 nitrogen and oxygen atoms in total. The average Bonchev–Trinajstić information content (AvgIpc) is 3.85. The molecule has 0 N–H and O–H groups in total. The maximum Gasteiger partial charge on any atom is 0.252 e. The molecular formula is C72H82BN3. The molecule has 0 amide bonds. The summed E-state index contributed by atoms with van der Waals surface area (Å²) in [6, 6.07) is 51.1. The van der Waals surface area contributed by atoms with Crippen molar-refractivity contribution in [2.75, 3.05) is 9.80 Å². The van der Waals surface area contributed by atoms with Crippen molar-refractivity contribution >= 4 is 68.1 Å². The van der Waals surface area contributed by atoms with Crippen LogP contribution in [-0.4, -0.2) is 11.3 Å². The fourth-order valence-electron chi connectivity index (χ4n) is 13.9. The van der Waals surface area contributed by atoms with E-state index in [2.05, 4.69) is 273 Å². The Labute approximate surface area is 456 Å². The summed E-state index contributed by atoms with van der Waals surface area (Å²) in [6.07, 6.45) is 2.34. The number of aromatic nitrogens is 1. The lowest BCUT2D eigenvalue weighted by Crippen LogP contribution is -2.61. The van der Waals surface area contributed by atoms with E-state index < -0.39 is 0 Å². The normalized spacial score (nSPS) is 16.8. The maximum absolute atomic E-state index is 2.77. The summed E-state index contributed by atoms with van der Waals surface area (Å²) in [4.78, 5) is 5.24. The molecule has 4 heteroatoms. The summed E-state index contributed by atoms with van der Waals surface area (Å²) in [5, 5.41) is 1.38. The summed E-state index contributed by atoms with van der Waals surface area (Å²) >= 11 is 0. The molecule has 7 aromatic carbocycles. The summed E-state index contributed by atoms with van der Waals surface area (Å²) in [5.41, 5.74) is 29.2. The third-order valence-corrected chi connectivity index (χ3v) is 18.7. The first-order chi connectivity index (χ1) is 35.4. The molecule has 3 heterocycles. The van der Waals surface area contributed by atoms with E-state index in [-0.39, 0.29) is 44.6 Å². The minimum absolute atomic E-state index is 0.0103. The predicted molar refractivity (Wildman–Crippen MR) is 330 cm³/mol. The second-order valence-electron chi connectivity index (χ2n) is 29.5. The van der Waals surface area contributed by atoms with Crippen LogP contribution < -0.4 is 26.2 Å². The molecule has 388 valence electrons. The molecule has 1 aromatic heterocycles. The Balaban J connectivity index is 1.22. The van der Waals surface area contributed by atoms with E-state index in [0.717, 1.165) is 23.5 Å². The first kappa shape index (κ1) is 50.6. The Morgan fingerprint density at radius 1 is 0.461 bits per heavy atom. The highest BCUT2D eigenvalue weighted by molar-refractivity contribution is 7.00. The average molecular weight is 1000 g/mol. The van der Waals surface area contributed by atoms with E-state index in [4.69, 9.17) is 0 Å². The molecule has 2 aliphatic carbocycles. The van der Waals surface area contributed by atoms with Crippen molar-refractivity contribution in [3.8, 4) is 16.8 Å². The van der Waals surface area contributed by atoms with Gasteiger partial charge in [-0.25, -0.2) is 0 Å². The van der Waals surface area contributed by atoms with Crippen LogP contribution in [0.15, 0.2) is 127 Å². The van der Waals surface area contributed by atoms with Crippen molar-refractivity contribution in [2.45, 2.75) is 182 Å². The van der Waals surface area contributed by atoms with E-state index in [1.54, 1.807) is 0 Å². The van der Waals surface area contributed by atoms with Crippen molar-refractivity contribution in [3.63, 3.8) is 0 Å². The van der Waals surface area contributed by atoms with Gasteiger partial charge >= 0.3 is 0 Å². The monoisotopic (exact) mass is 1000 g/mol. The second kappa shape index (κ2) is 16.2. The highest BCUT2D eigenvalue weighted by Crippen LogP contribution is 2.56. The molecule has 0 unspecified atom stereocenters. The molecule has 0 saturated carbocycles. The molecule has 4 aliphatic rings. The van der Waals surface area contributed by atoms with Crippen LogP contribution in [0.2, 0.25) is 0 Å². The van der Waals surface area contributed by atoms with Crippen LogP contribution in [0.3, 0.4) is 0 Å². The smallest absolute Gasteiger partial charge is 0.252 e. The minimum atomic E-state index is -0.226. The molecule has 0 spiro atoms. The van der Waals surface area contributed by atoms with Crippen molar-refractivity contribution in [1.82, 2.24) is 4.57 Å². The van der Waals surface area contributed by atoms with Crippen molar-refractivity contribution in [2.24, 2.45) is 0 Å². The SMILES string of the molecule is Cc1cc2c(cc1N1c3cc(N(c4ccc(C(C)(C)C)cc4)c4ccc(C(C)(C)C)cc4)ccc3B3c4c1cc(C(C)(C)C)cc4-n1c4c(c5cc(C(C)(C)C)cc3c51)-c1ccccc1C4(C)C)C(C)(C)CCC2(C)C. The number of aryl methyl sites for hydroxylation is 1. The first-order valence-corrected chi connectivity index (χ1v) is 28.5. The highest BCUT2D eigenvalue weighted by Gasteiger charge is 2.49. The molecule has 12 rings (SSSR count). The van der Waals surface area contributed by atoms with Gasteiger partial charge in [-0.3, -0.25) is 0 Å². The Bertz CT molecular complexity index is 3660. The van der Waals surface area contributed by atoms with Gasteiger partial charge in [-0.2, -0.15) is 0 Å². The van der Waals surface area contributed by atoms with Crippen LogP contribution in [0.5, 0.6) is 0 Å². The van der Waals surface area contributed by atoms with Gasteiger partial charge in [0.05, 0.1) is 0 Å². The van der Waals surface area contributed by atoms with Gasteiger partial charge in [0.25, 0.3) is 6.71 Å². The largest absolute Gasteiger partial charge is 0.313 e. The predicted octanol–water partition coefficient (Wildman–Crippen LogP) is 17.9. The molecule has 76 heavy (non-hydrogen) atoms. The highest BCUT2D eigenvalue weighted by atomic mass is 15.2. The number of anilines is 6. The van der Waals surface area contributed by atoms with Gasteiger partial charge in [0, 0.05) is 67.4 Å². The van der Waals surface area contributed by atoms with E-state index in [1.165, 1.54) is 118 Å². The van der Waals surface area contributed by atoms with Gasteiger partial charge in [0.15, 0.2) is 0 Å². The molecule has 0 atom stereocenters. The van der Waals surface area contributed by atoms with E-state index in [0.29, 0.717) is 0 Å². The van der Waals surface area contributed by atoms with Crippen LogP contribution in [-0.2, 0) is 37.9 Å². The van der Waals surface area contributed by atoms with E-state index in [9.17, 15) is 0 Å². The summed E-state index contributed by atoms with van der Waals surface area (Å²) in [5.74, 6) is 0. The fourth-order valence-corrected chi connectivity index (χ4v) is 13.9. The third-order valence-electron chi connectivity index (χ3n) is 18.7. The second-order valence-corrected chi connectivity index (χ2v) is 29.5. The summed E-state index contributed by atoms with van der Waals surface area (Å²) in [6.45, 7) is 45.5. The molecule has 0 saturated heterocycles. The maximum atomic E-state index is 2.77. The van der Waals surface area contributed by atoms with Gasteiger partial charge in [0.2, 0.25) is 0 Å². The van der Waals surface area contributed by atoms with Crippen LogP contribution in [0.1, 0.15) is 188 Å². The van der Waals surface area contributed by atoms with Crippen molar-refractivity contribution in [3.05, 3.63) is 178 Å². The van der Waals surface area contributed by atoms with Gasteiger partial charge in [-0.15, -0.1) is 0 Å². The van der Waals surface area contributed by atoms with Gasteiger partial charge in [0.1, 0.15) is 0 Å². The van der Waals surface area contributed by atoms with Crippen molar-refractivity contribution < 1.29 is 0 Å². The molecule has 0 fully saturated rings. The Morgan fingerprint density at radius 3 is 1.54 bits per heavy atom. The zero-order chi connectivity index (χ0) is 54.4. The Morgan fingerprint density at radius 2 is 0.974 bits per heavy atom.